The number of fused-ring (bicyclic) bond motifs is 1. The Labute approximate surface area is 124 Å². The molecule has 1 nitrogen and oxygen atoms in total. The minimum atomic E-state index is -0.199. The third kappa shape index (κ3) is 2.87. The molecule has 0 aliphatic carbocycles. The van der Waals surface area contributed by atoms with Gasteiger partial charge in [-0.25, -0.2) is 4.39 Å². The lowest BCUT2D eigenvalue weighted by atomic mass is 9.99. The van der Waals surface area contributed by atoms with Crippen LogP contribution in [0.4, 0.5) is 4.39 Å². The van der Waals surface area contributed by atoms with Crippen molar-refractivity contribution in [1.82, 2.24) is 4.90 Å². The van der Waals surface area contributed by atoms with Gasteiger partial charge in [0.1, 0.15) is 5.82 Å². The van der Waals surface area contributed by atoms with Gasteiger partial charge in [-0.05, 0) is 36.1 Å². The molecule has 3 rings (SSSR count). The van der Waals surface area contributed by atoms with Crippen molar-refractivity contribution in [1.29, 1.82) is 0 Å². The van der Waals surface area contributed by atoms with Gasteiger partial charge >= 0.3 is 0 Å². The van der Waals surface area contributed by atoms with Crippen LogP contribution >= 0.6 is 11.6 Å². The van der Waals surface area contributed by atoms with E-state index < -0.39 is 0 Å². The number of hydrogen-bond donors (Lipinski definition) is 0. The highest BCUT2D eigenvalue weighted by atomic mass is 35.5. The monoisotopic (exact) mass is 289 g/mol. The fourth-order valence-corrected chi connectivity index (χ4v) is 3.04. The second-order valence-electron chi connectivity index (χ2n) is 5.25. The van der Waals surface area contributed by atoms with Crippen molar-refractivity contribution in [2.75, 3.05) is 13.1 Å². The highest BCUT2D eigenvalue weighted by Gasteiger charge is 2.16. The summed E-state index contributed by atoms with van der Waals surface area (Å²) in [6, 6.07) is 13.4. The van der Waals surface area contributed by atoms with Crippen molar-refractivity contribution >= 4 is 11.6 Å². The SMILES string of the molecule is Fc1cccc(Cl)c1CCN1CCc2ccccc2C1. The summed E-state index contributed by atoms with van der Waals surface area (Å²) in [6.45, 7) is 2.82. The molecule has 0 fully saturated rings. The van der Waals surface area contributed by atoms with Crippen molar-refractivity contribution < 1.29 is 4.39 Å². The highest BCUT2D eigenvalue weighted by Crippen LogP contribution is 2.22. The van der Waals surface area contributed by atoms with Gasteiger partial charge in [-0.3, -0.25) is 4.90 Å². The molecule has 3 heteroatoms. The molecule has 1 aliphatic rings. The molecule has 0 aromatic heterocycles. The molecule has 0 N–H and O–H groups in total. The Morgan fingerprint density at radius 2 is 1.85 bits per heavy atom. The Hall–Kier alpha value is -1.38. The molecule has 0 saturated heterocycles. The van der Waals surface area contributed by atoms with Crippen LogP contribution in [0.25, 0.3) is 0 Å². The van der Waals surface area contributed by atoms with E-state index in [0.717, 1.165) is 26.1 Å². The molecular weight excluding hydrogens is 273 g/mol. The van der Waals surface area contributed by atoms with E-state index in [4.69, 9.17) is 11.6 Å². The van der Waals surface area contributed by atoms with Crippen LogP contribution in [0.1, 0.15) is 16.7 Å². The smallest absolute Gasteiger partial charge is 0.127 e. The van der Waals surface area contributed by atoms with E-state index in [-0.39, 0.29) is 5.82 Å². The van der Waals surface area contributed by atoms with Crippen LogP contribution in [0.3, 0.4) is 0 Å². The van der Waals surface area contributed by atoms with E-state index in [2.05, 4.69) is 29.2 Å². The van der Waals surface area contributed by atoms with Crippen molar-refractivity contribution in [2.24, 2.45) is 0 Å². The van der Waals surface area contributed by atoms with Gasteiger partial charge in [0.2, 0.25) is 0 Å². The first-order valence-corrected chi connectivity index (χ1v) is 7.34. The molecule has 1 aliphatic heterocycles. The van der Waals surface area contributed by atoms with E-state index in [1.54, 1.807) is 12.1 Å². The third-order valence-electron chi connectivity index (χ3n) is 3.95. The standard InChI is InChI=1S/C17H17ClFN/c18-16-6-3-7-17(19)15(16)9-11-20-10-8-13-4-1-2-5-14(13)12-20/h1-7H,8-12H2. The van der Waals surface area contributed by atoms with Gasteiger partial charge in [0.15, 0.2) is 0 Å². The third-order valence-corrected chi connectivity index (χ3v) is 4.30. The average Bonchev–Trinajstić information content (AvgIpc) is 2.46. The van der Waals surface area contributed by atoms with Gasteiger partial charge in [-0.2, -0.15) is 0 Å². The first-order chi connectivity index (χ1) is 9.74. The first-order valence-electron chi connectivity index (χ1n) is 6.96. The predicted molar refractivity (Wildman–Crippen MR) is 80.5 cm³/mol. The molecule has 1 heterocycles. The zero-order chi connectivity index (χ0) is 13.9. The number of nitrogens with zero attached hydrogens (tertiary/aromatic N) is 1. The summed E-state index contributed by atoms with van der Waals surface area (Å²) >= 11 is 6.07. The molecule has 0 unspecified atom stereocenters. The summed E-state index contributed by atoms with van der Waals surface area (Å²) in [5.41, 5.74) is 3.46. The van der Waals surface area contributed by atoms with Crippen molar-refractivity contribution in [2.45, 2.75) is 19.4 Å². The van der Waals surface area contributed by atoms with Crippen LogP contribution in [0.5, 0.6) is 0 Å². The van der Waals surface area contributed by atoms with Gasteiger partial charge < -0.3 is 0 Å². The Kier molecular flexibility index (Phi) is 4.04. The summed E-state index contributed by atoms with van der Waals surface area (Å²) in [4.78, 5) is 2.37. The molecule has 104 valence electrons. The molecule has 0 bridgehead atoms. The Balaban J connectivity index is 1.66. The van der Waals surface area contributed by atoms with E-state index >= 15 is 0 Å². The minimum Gasteiger partial charge on any atom is -0.298 e. The number of benzene rings is 2. The highest BCUT2D eigenvalue weighted by molar-refractivity contribution is 6.31. The molecule has 0 spiro atoms. The van der Waals surface area contributed by atoms with E-state index in [0.29, 0.717) is 17.0 Å². The summed E-state index contributed by atoms with van der Waals surface area (Å²) < 4.78 is 13.7. The quantitative estimate of drug-likeness (QED) is 0.823. The predicted octanol–water partition coefficient (Wildman–Crippen LogP) is 4.08. The molecule has 0 atom stereocenters. The van der Waals surface area contributed by atoms with Crippen molar-refractivity contribution in [3.8, 4) is 0 Å². The zero-order valence-corrected chi connectivity index (χ0v) is 12.0. The summed E-state index contributed by atoms with van der Waals surface area (Å²) in [6.07, 6.45) is 1.73. The van der Waals surface area contributed by atoms with E-state index in [9.17, 15) is 4.39 Å². The Morgan fingerprint density at radius 1 is 1.05 bits per heavy atom. The summed E-state index contributed by atoms with van der Waals surface area (Å²) in [5.74, 6) is -0.199. The van der Waals surface area contributed by atoms with Crippen LogP contribution in [0.15, 0.2) is 42.5 Å². The Morgan fingerprint density at radius 3 is 2.65 bits per heavy atom. The van der Waals surface area contributed by atoms with Gasteiger partial charge in [0.25, 0.3) is 0 Å². The lowest BCUT2D eigenvalue weighted by molar-refractivity contribution is 0.256. The van der Waals surface area contributed by atoms with Crippen molar-refractivity contribution in [3.63, 3.8) is 0 Å². The number of rotatable bonds is 3. The summed E-state index contributed by atoms with van der Waals surface area (Å²) in [5, 5.41) is 0.530. The largest absolute Gasteiger partial charge is 0.298 e. The Bertz CT molecular complexity index is 591. The number of halogens is 2. The van der Waals surface area contributed by atoms with Crippen LogP contribution in [-0.2, 0) is 19.4 Å². The van der Waals surface area contributed by atoms with Gasteiger partial charge in [0.05, 0.1) is 0 Å². The van der Waals surface area contributed by atoms with Crippen LogP contribution in [0.2, 0.25) is 5.02 Å². The van der Waals surface area contributed by atoms with Gasteiger partial charge in [0, 0.05) is 30.2 Å². The lowest BCUT2D eigenvalue weighted by Crippen LogP contribution is -2.32. The number of hydrogen-bond acceptors (Lipinski definition) is 1. The topological polar surface area (TPSA) is 3.24 Å². The maximum atomic E-state index is 13.7. The molecule has 20 heavy (non-hydrogen) atoms. The maximum Gasteiger partial charge on any atom is 0.127 e. The maximum absolute atomic E-state index is 13.7. The fraction of sp³-hybridized carbons (Fsp3) is 0.294. The normalized spacial score (nSPS) is 15.1. The van der Waals surface area contributed by atoms with Crippen LogP contribution in [0, 0.1) is 5.82 Å². The summed E-state index contributed by atoms with van der Waals surface area (Å²) in [7, 11) is 0. The second kappa shape index (κ2) is 5.94. The second-order valence-corrected chi connectivity index (χ2v) is 5.65. The molecule has 0 radical (unpaired) electrons. The zero-order valence-electron chi connectivity index (χ0n) is 11.3. The first kappa shape index (κ1) is 13.6. The molecule has 2 aromatic carbocycles. The molecular formula is C17H17ClFN. The van der Waals surface area contributed by atoms with E-state index in [1.807, 2.05) is 0 Å². The average molecular weight is 290 g/mol. The van der Waals surface area contributed by atoms with E-state index in [1.165, 1.54) is 17.2 Å². The molecule has 0 saturated carbocycles. The minimum absolute atomic E-state index is 0.199. The van der Waals surface area contributed by atoms with Crippen LogP contribution in [-0.4, -0.2) is 18.0 Å². The van der Waals surface area contributed by atoms with Gasteiger partial charge in [-0.15, -0.1) is 0 Å². The lowest BCUT2D eigenvalue weighted by Gasteiger charge is -2.28. The molecule has 0 amide bonds. The van der Waals surface area contributed by atoms with Gasteiger partial charge in [-0.1, -0.05) is 41.9 Å². The van der Waals surface area contributed by atoms with Crippen molar-refractivity contribution in [3.05, 3.63) is 70.0 Å². The fourth-order valence-electron chi connectivity index (χ4n) is 2.79. The van der Waals surface area contributed by atoms with Crippen LogP contribution < -0.4 is 0 Å². The molecule has 2 aromatic rings.